The Kier molecular flexibility index (Phi) is 4.66. The molecule has 2 aromatic carbocycles. The van der Waals surface area contributed by atoms with Gasteiger partial charge in [-0.05, 0) is 60.5 Å². The van der Waals surface area contributed by atoms with Crippen LogP contribution in [0.3, 0.4) is 0 Å². The van der Waals surface area contributed by atoms with Gasteiger partial charge in [-0.15, -0.1) is 0 Å². The van der Waals surface area contributed by atoms with Gasteiger partial charge in [0.15, 0.2) is 0 Å². The number of aliphatic imine (C=N–C) groups is 1. The van der Waals surface area contributed by atoms with Crippen molar-refractivity contribution in [2.45, 2.75) is 19.5 Å². The molecule has 0 aliphatic carbocycles. The molecule has 0 atom stereocenters. The molecule has 0 radical (unpaired) electrons. The van der Waals surface area contributed by atoms with Gasteiger partial charge in [0.05, 0.1) is 23.4 Å². The van der Waals surface area contributed by atoms with Crippen LogP contribution in [0, 0.1) is 6.92 Å². The van der Waals surface area contributed by atoms with Gasteiger partial charge >= 0.3 is 6.18 Å². The molecule has 0 spiro atoms. The van der Waals surface area contributed by atoms with Crippen LogP contribution in [0.4, 0.5) is 30.2 Å². The molecular weight excluding hydrogens is 379 g/mol. The number of pyridine rings is 1. The maximum Gasteiger partial charge on any atom is 0.416 e. The lowest BCUT2D eigenvalue weighted by atomic mass is 10.0. The van der Waals surface area contributed by atoms with Gasteiger partial charge < -0.3 is 0 Å². The van der Waals surface area contributed by atoms with Gasteiger partial charge in [-0.2, -0.15) is 13.2 Å². The number of fused-ring (bicyclic) bond motifs is 1. The number of benzene rings is 2. The van der Waals surface area contributed by atoms with E-state index in [1.54, 1.807) is 24.4 Å². The molecule has 1 aromatic heterocycles. The summed E-state index contributed by atoms with van der Waals surface area (Å²) in [6.07, 6.45) is -1.41. The van der Waals surface area contributed by atoms with E-state index in [0.29, 0.717) is 11.4 Å². The summed E-state index contributed by atoms with van der Waals surface area (Å²) in [5.74, 6) is -0.352. The van der Waals surface area contributed by atoms with Crippen molar-refractivity contribution in [2.24, 2.45) is 4.99 Å². The second kappa shape index (κ2) is 7.16. The molecule has 146 valence electrons. The van der Waals surface area contributed by atoms with Crippen LogP contribution in [0.2, 0.25) is 0 Å². The molecule has 1 aliphatic rings. The molecule has 29 heavy (non-hydrogen) atoms. The maximum absolute atomic E-state index is 13.3. The van der Waals surface area contributed by atoms with Gasteiger partial charge in [-0.1, -0.05) is 12.1 Å². The third-order valence-corrected chi connectivity index (χ3v) is 4.62. The average molecular weight is 395 g/mol. The first kappa shape index (κ1) is 18.9. The van der Waals surface area contributed by atoms with E-state index in [1.165, 1.54) is 17.2 Å². The van der Waals surface area contributed by atoms with E-state index in [9.17, 15) is 18.0 Å². The number of amides is 1. The predicted octanol–water partition coefficient (Wildman–Crippen LogP) is 5.85. The number of aromatic nitrogens is 1. The molecule has 4 nitrogen and oxygen atoms in total. The molecule has 0 saturated heterocycles. The van der Waals surface area contributed by atoms with Crippen LogP contribution in [-0.4, -0.2) is 17.1 Å². The third kappa shape index (κ3) is 3.76. The number of hydrogen-bond donors (Lipinski definition) is 0. The molecule has 0 fully saturated rings. The summed E-state index contributed by atoms with van der Waals surface area (Å²) in [6, 6.07) is 14.1. The zero-order valence-electron chi connectivity index (χ0n) is 15.4. The lowest BCUT2D eigenvalue weighted by molar-refractivity contribution is -0.137. The summed E-state index contributed by atoms with van der Waals surface area (Å²) in [4.78, 5) is 22.4. The van der Waals surface area contributed by atoms with Crippen molar-refractivity contribution >= 4 is 29.2 Å². The third-order valence-electron chi connectivity index (χ3n) is 4.62. The smallest absolute Gasteiger partial charge is 0.279 e. The van der Waals surface area contributed by atoms with E-state index in [4.69, 9.17) is 0 Å². The number of alkyl halides is 3. The van der Waals surface area contributed by atoms with Gasteiger partial charge in [-0.25, -0.2) is 0 Å². The van der Waals surface area contributed by atoms with Gasteiger partial charge in [-0.3, -0.25) is 19.7 Å². The molecule has 4 rings (SSSR count). The van der Waals surface area contributed by atoms with Crippen LogP contribution in [0.1, 0.15) is 17.7 Å². The van der Waals surface area contributed by atoms with Crippen LogP contribution < -0.4 is 4.90 Å². The van der Waals surface area contributed by atoms with Crippen LogP contribution in [0.25, 0.3) is 11.1 Å². The monoisotopic (exact) mass is 395 g/mol. The molecule has 7 heteroatoms. The number of carbonyl (C=O) groups is 1. The molecule has 2 heterocycles. The summed E-state index contributed by atoms with van der Waals surface area (Å²) in [5.41, 5.74) is 2.66. The Balaban J connectivity index is 1.85. The summed E-state index contributed by atoms with van der Waals surface area (Å²) < 4.78 is 39.8. The van der Waals surface area contributed by atoms with E-state index in [1.807, 2.05) is 25.1 Å². The van der Waals surface area contributed by atoms with Crippen molar-refractivity contribution < 1.29 is 18.0 Å². The second-order valence-electron chi connectivity index (χ2n) is 6.68. The fourth-order valence-electron chi connectivity index (χ4n) is 3.27. The minimum absolute atomic E-state index is 0.00533. The van der Waals surface area contributed by atoms with Crippen LogP contribution in [0.5, 0.6) is 0 Å². The Morgan fingerprint density at radius 3 is 2.55 bits per heavy atom. The lowest BCUT2D eigenvalue weighted by Crippen LogP contribution is -2.25. The van der Waals surface area contributed by atoms with Crippen molar-refractivity contribution in [1.29, 1.82) is 0 Å². The van der Waals surface area contributed by atoms with Crippen molar-refractivity contribution in [3.05, 3.63) is 72.1 Å². The van der Waals surface area contributed by atoms with Crippen LogP contribution >= 0.6 is 0 Å². The van der Waals surface area contributed by atoms with Gasteiger partial charge in [0.25, 0.3) is 0 Å². The number of carbonyl (C=O) groups excluding carboxylic acids is 1. The molecule has 0 unspecified atom stereocenters. The van der Waals surface area contributed by atoms with Crippen LogP contribution in [-0.2, 0) is 11.0 Å². The summed E-state index contributed by atoms with van der Waals surface area (Å²) in [7, 11) is 0. The number of anilines is 2. The molecule has 0 N–H and O–H groups in total. The Bertz CT molecular complexity index is 1120. The Labute approximate surface area is 165 Å². The zero-order valence-corrected chi connectivity index (χ0v) is 15.4. The molecule has 0 saturated carbocycles. The highest BCUT2D eigenvalue weighted by molar-refractivity contribution is 6.10. The van der Waals surface area contributed by atoms with E-state index in [0.717, 1.165) is 29.0 Å². The Morgan fingerprint density at radius 1 is 1.00 bits per heavy atom. The summed E-state index contributed by atoms with van der Waals surface area (Å²) in [6.45, 7) is 1.87. The number of nitrogens with zero attached hydrogens (tertiary/aromatic N) is 3. The highest BCUT2D eigenvalue weighted by atomic mass is 19.4. The SMILES string of the molecule is Cc1cc(-c2cccc(N3C(=O)CC=Nc4ccc(C(F)(F)F)cc43)c2)ccn1. The normalized spacial score (nSPS) is 13.9. The highest BCUT2D eigenvalue weighted by Gasteiger charge is 2.33. The van der Waals surface area contributed by atoms with Gasteiger partial charge in [0.2, 0.25) is 5.91 Å². The second-order valence-corrected chi connectivity index (χ2v) is 6.68. The first-order valence-corrected chi connectivity index (χ1v) is 8.93. The molecule has 1 amide bonds. The summed E-state index contributed by atoms with van der Waals surface area (Å²) >= 11 is 0. The standard InChI is InChI=1S/C22H16F3N3O/c1-14-11-16(7-9-26-14)15-3-2-4-18(12-15)28-20-13-17(22(23,24)25)5-6-19(20)27-10-8-21(28)29/h2-7,9-13H,8H2,1H3. The van der Waals surface area contributed by atoms with Crippen molar-refractivity contribution in [1.82, 2.24) is 4.98 Å². The van der Waals surface area contributed by atoms with Gasteiger partial charge in [0.1, 0.15) is 0 Å². The minimum atomic E-state index is -4.52. The Morgan fingerprint density at radius 2 is 1.79 bits per heavy atom. The molecule has 0 bridgehead atoms. The van der Waals surface area contributed by atoms with Crippen molar-refractivity contribution in [2.75, 3.05) is 4.90 Å². The highest BCUT2D eigenvalue weighted by Crippen LogP contribution is 2.41. The fraction of sp³-hybridized carbons (Fsp3) is 0.136. The van der Waals surface area contributed by atoms with Crippen molar-refractivity contribution in [3.8, 4) is 11.1 Å². The van der Waals surface area contributed by atoms with Crippen LogP contribution in [0.15, 0.2) is 65.8 Å². The molecular formula is C22H16F3N3O. The topological polar surface area (TPSA) is 45.6 Å². The van der Waals surface area contributed by atoms with Gasteiger partial charge in [0, 0.05) is 23.8 Å². The largest absolute Gasteiger partial charge is 0.416 e. The lowest BCUT2D eigenvalue weighted by Gasteiger charge is -2.24. The average Bonchev–Trinajstić information content (AvgIpc) is 2.85. The van der Waals surface area contributed by atoms with E-state index in [-0.39, 0.29) is 18.0 Å². The summed E-state index contributed by atoms with van der Waals surface area (Å²) in [5, 5.41) is 0. The molecule has 3 aromatic rings. The predicted molar refractivity (Wildman–Crippen MR) is 106 cm³/mol. The quantitative estimate of drug-likeness (QED) is 0.547. The maximum atomic E-state index is 13.3. The number of halogens is 3. The minimum Gasteiger partial charge on any atom is -0.279 e. The number of rotatable bonds is 2. The fourth-order valence-corrected chi connectivity index (χ4v) is 3.27. The Hall–Kier alpha value is -3.48. The van der Waals surface area contributed by atoms with E-state index >= 15 is 0 Å². The zero-order chi connectivity index (χ0) is 20.6. The first-order chi connectivity index (χ1) is 13.8. The number of aryl methyl sites for hydroxylation is 1. The molecule has 1 aliphatic heterocycles. The first-order valence-electron chi connectivity index (χ1n) is 8.93. The van der Waals surface area contributed by atoms with E-state index in [2.05, 4.69) is 9.98 Å². The van der Waals surface area contributed by atoms with E-state index < -0.39 is 11.7 Å². The number of hydrogen-bond acceptors (Lipinski definition) is 3. The van der Waals surface area contributed by atoms with Crippen molar-refractivity contribution in [3.63, 3.8) is 0 Å².